The standard InChI is InChI=1S/C27H34ClN3O2/c1-2-24(20-9-4-3-5-10-20)27(33)31-17-15-30(16-18-31)25(21-11-6-7-12-21)26(32)29-23-14-8-13-22(28)19-23/h3-5,8-10,13-14,19,21,24-25H,2,6-7,11-12,15-18H2,1H3,(H,29,32)/t24-,25+/m1/s1. The molecule has 176 valence electrons. The number of nitrogens with one attached hydrogen (secondary N) is 1. The van der Waals surface area contributed by atoms with Crippen molar-refractivity contribution >= 4 is 29.1 Å². The van der Waals surface area contributed by atoms with E-state index in [2.05, 4.69) is 17.1 Å². The SMILES string of the molecule is CC[C@@H](C(=O)N1CCN([C@H](C(=O)Nc2cccc(Cl)c2)C2CCCC2)CC1)c1ccccc1. The van der Waals surface area contributed by atoms with E-state index in [0.29, 0.717) is 24.0 Å². The number of anilines is 1. The average Bonchev–Trinajstić information content (AvgIpc) is 3.35. The largest absolute Gasteiger partial charge is 0.340 e. The number of carbonyl (C=O) groups is 2. The Balaban J connectivity index is 1.42. The summed E-state index contributed by atoms with van der Waals surface area (Å²) in [6, 6.07) is 17.2. The Morgan fingerprint density at radius 1 is 1.00 bits per heavy atom. The lowest BCUT2D eigenvalue weighted by molar-refractivity contribution is -0.136. The van der Waals surface area contributed by atoms with Crippen LogP contribution in [0.15, 0.2) is 54.6 Å². The van der Waals surface area contributed by atoms with Crippen LogP contribution in [0.4, 0.5) is 5.69 Å². The van der Waals surface area contributed by atoms with Gasteiger partial charge in [0.1, 0.15) is 0 Å². The average molecular weight is 468 g/mol. The Kier molecular flexibility index (Phi) is 8.05. The highest BCUT2D eigenvalue weighted by Gasteiger charge is 2.38. The van der Waals surface area contributed by atoms with E-state index in [1.807, 2.05) is 47.4 Å². The van der Waals surface area contributed by atoms with Crippen LogP contribution < -0.4 is 5.32 Å². The van der Waals surface area contributed by atoms with Crippen LogP contribution in [0, 0.1) is 5.92 Å². The fourth-order valence-electron chi connectivity index (χ4n) is 5.41. The third-order valence-electron chi connectivity index (χ3n) is 7.13. The molecule has 2 aromatic carbocycles. The second kappa shape index (κ2) is 11.2. The first-order valence-electron chi connectivity index (χ1n) is 12.2. The summed E-state index contributed by atoms with van der Waals surface area (Å²) in [4.78, 5) is 31.0. The van der Waals surface area contributed by atoms with Crippen molar-refractivity contribution in [1.82, 2.24) is 9.80 Å². The second-order valence-corrected chi connectivity index (χ2v) is 9.66. The zero-order chi connectivity index (χ0) is 23.2. The van der Waals surface area contributed by atoms with Crippen molar-refractivity contribution < 1.29 is 9.59 Å². The van der Waals surface area contributed by atoms with Crippen molar-refractivity contribution in [2.45, 2.75) is 51.0 Å². The van der Waals surface area contributed by atoms with Crippen LogP contribution in [0.2, 0.25) is 5.02 Å². The van der Waals surface area contributed by atoms with E-state index in [-0.39, 0.29) is 23.8 Å². The molecule has 33 heavy (non-hydrogen) atoms. The van der Waals surface area contributed by atoms with Gasteiger partial charge in [0.2, 0.25) is 11.8 Å². The monoisotopic (exact) mass is 467 g/mol. The first kappa shape index (κ1) is 23.8. The van der Waals surface area contributed by atoms with E-state index in [1.54, 1.807) is 12.1 Å². The van der Waals surface area contributed by atoms with Crippen molar-refractivity contribution in [3.05, 3.63) is 65.2 Å². The van der Waals surface area contributed by atoms with Crippen molar-refractivity contribution in [2.75, 3.05) is 31.5 Å². The molecule has 4 rings (SSSR count). The highest BCUT2D eigenvalue weighted by molar-refractivity contribution is 6.30. The summed E-state index contributed by atoms with van der Waals surface area (Å²) in [6.07, 6.45) is 5.31. The minimum Gasteiger partial charge on any atom is -0.340 e. The van der Waals surface area contributed by atoms with Gasteiger partial charge in [-0.05, 0) is 48.9 Å². The van der Waals surface area contributed by atoms with Gasteiger partial charge in [-0.15, -0.1) is 0 Å². The highest BCUT2D eigenvalue weighted by atomic mass is 35.5. The van der Waals surface area contributed by atoms with Gasteiger partial charge in [-0.2, -0.15) is 0 Å². The third kappa shape index (κ3) is 5.77. The lowest BCUT2D eigenvalue weighted by Gasteiger charge is -2.41. The predicted octanol–water partition coefficient (Wildman–Crippen LogP) is 5.18. The van der Waals surface area contributed by atoms with Crippen LogP contribution in [0.1, 0.15) is 50.5 Å². The summed E-state index contributed by atoms with van der Waals surface area (Å²) < 4.78 is 0. The van der Waals surface area contributed by atoms with E-state index in [4.69, 9.17) is 11.6 Å². The van der Waals surface area contributed by atoms with Gasteiger partial charge in [-0.25, -0.2) is 0 Å². The summed E-state index contributed by atoms with van der Waals surface area (Å²) >= 11 is 6.11. The summed E-state index contributed by atoms with van der Waals surface area (Å²) in [7, 11) is 0. The van der Waals surface area contributed by atoms with Crippen LogP contribution in [0.3, 0.4) is 0 Å². The summed E-state index contributed by atoms with van der Waals surface area (Å²) in [5.41, 5.74) is 1.81. The van der Waals surface area contributed by atoms with Crippen molar-refractivity contribution in [1.29, 1.82) is 0 Å². The van der Waals surface area contributed by atoms with E-state index in [0.717, 1.165) is 43.6 Å². The number of piperazine rings is 1. The van der Waals surface area contributed by atoms with Crippen LogP contribution in [0.25, 0.3) is 0 Å². The van der Waals surface area contributed by atoms with Crippen molar-refractivity contribution in [2.24, 2.45) is 5.92 Å². The van der Waals surface area contributed by atoms with Gasteiger partial charge in [-0.3, -0.25) is 14.5 Å². The highest BCUT2D eigenvalue weighted by Crippen LogP contribution is 2.32. The molecule has 2 aromatic rings. The topological polar surface area (TPSA) is 52.7 Å². The van der Waals surface area contributed by atoms with E-state index in [1.165, 1.54) is 12.8 Å². The Morgan fingerprint density at radius 3 is 2.33 bits per heavy atom. The zero-order valence-electron chi connectivity index (χ0n) is 19.4. The van der Waals surface area contributed by atoms with Gasteiger partial charge in [0.25, 0.3) is 0 Å². The minimum absolute atomic E-state index is 0.0414. The molecule has 0 radical (unpaired) electrons. The molecule has 6 heteroatoms. The molecular formula is C27H34ClN3O2. The molecule has 1 aliphatic carbocycles. The van der Waals surface area contributed by atoms with Crippen molar-refractivity contribution in [3.63, 3.8) is 0 Å². The number of amides is 2. The second-order valence-electron chi connectivity index (χ2n) is 9.22. The molecule has 2 fully saturated rings. The van der Waals surface area contributed by atoms with Crippen LogP contribution in [-0.2, 0) is 9.59 Å². The first-order valence-corrected chi connectivity index (χ1v) is 12.6. The maximum Gasteiger partial charge on any atom is 0.242 e. The Morgan fingerprint density at radius 2 is 1.70 bits per heavy atom. The number of hydrogen-bond acceptors (Lipinski definition) is 3. The molecule has 0 spiro atoms. The van der Waals surface area contributed by atoms with Gasteiger partial charge in [-0.1, -0.05) is 67.8 Å². The lowest BCUT2D eigenvalue weighted by atomic mass is 9.93. The molecule has 1 saturated carbocycles. The number of nitrogens with zero attached hydrogens (tertiary/aromatic N) is 2. The quantitative estimate of drug-likeness (QED) is 0.610. The Bertz CT molecular complexity index is 937. The van der Waals surface area contributed by atoms with Gasteiger partial charge in [0.15, 0.2) is 0 Å². The summed E-state index contributed by atoms with van der Waals surface area (Å²) in [5, 5.41) is 3.71. The molecular weight excluding hydrogens is 434 g/mol. The van der Waals surface area contributed by atoms with Gasteiger partial charge in [0.05, 0.1) is 12.0 Å². The molecule has 1 N–H and O–H groups in total. The molecule has 2 atom stereocenters. The number of carbonyl (C=O) groups excluding carboxylic acids is 2. The van der Waals surface area contributed by atoms with Crippen LogP contribution in [-0.4, -0.2) is 53.8 Å². The predicted molar refractivity (Wildman–Crippen MR) is 133 cm³/mol. The molecule has 2 amide bonds. The number of rotatable bonds is 7. The molecule has 1 saturated heterocycles. The fraction of sp³-hybridized carbons (Fsp3) is 0.481. The smallest absolute Gasteiger partial charge is 0.242 e. The molecule has 2 aliphatic rings. The molecule has 0 bridgehead atoms. The summed E-state index contributed by atoms with van der Waals surface area (Å²) in [5.74, 6) is 0.498. The minimum atomic E-state index is -0.167. The van der Waals surface area contributed by atoms with E-state index < -0.39 is 0 Å². The molecule has 0 unspecified atom stereocenters. The third-order valence-corrected chi connectivity index (χ3v) is 7.37. The molecule has 1 heterocycles. The van der Waals surface area contributed by atoms with Crippen LogP contribution >= 0.6 is 11.6 Å². The number of halogens is 1. The maximum atomic E-state index is 13.4. The maximum absolute atomic E-state index is 13.4. The molecule has 5 nitrogen and oxygen atoms in total. The van der Waals surface area contributed by atoms with Crippen LogP contribution in [0.5, 0.6) is 0 Å². The molecule has 1 aliphatic heterocycles. The number of benzene rings is 2. The van der Waals surface area contributed by atoms with Gasteiger partial charge < -0.3 is 10.2 Å². The summed E-state index contributed by atoms with van der Waals surface area (Å²) in [6.45, 7) is 4.84. The Hall–Kier alpha value is -2.37. The Labute approximate surface area is 202 Å². The lowest BCUT2D eigenvalue weighted by Crippen LogP contribution is -2.57. The van der Waals surface area contributed by atoms with E-state index >= 15 is 0 Å². The van der Waals surface area contributed by atoms with Gasteiger partial charge >= 0.3 is 0 Å². The van der Waals surface area contributed by atoms with E-state index in [9.17, 15) is 9.59 Å². The number of hydrogen-bond donors (Lipinski definition) is 1. The zero-order valence-corrected chi connectivity index (χ0v) is 20.1. The first-order chi connectivity index (χ1) is 16.1. The normalized spacial score (nSPS) is 19.3. The van der Waals surface area contributed by atoms with Crippen molar-refractivity contribution in [3.8, 4) is 0 Å². The fourth-order valence-corrected chi connectivity index (χ4v) is 5.60. The van der Waals surface area contributed by atoms with Gasteiger partial charge in [0, 0.05) is 36.9 Å². The molecule has 0 aromatic heterocycles.